The second-order valence-corrected chi connectivity index (χ2v) is 10.6. The largest absolute Gasteiger partial charge is 0.456 e. The minimum absolute atomic E-state index is 0.163. The predicted octanol–water partition coefficient (Wildman–Crippen LogP) is 12.0. The van der Waals surface area contributed by atoms with Crippen LogP contribution in [0.3, 0.4) is 0 Å². The first-order valence-corrected chi connectivity index (χ1v) is 14.1. The minimum Gasteiger partial charge on any atom is -0.456 e. The Labute approximate surface area is 260 Å². The summed E-state index contributed by atoms with van der Waals surface area (Å²) in [6.07, 6.45) is 0. The zero-order chi connectivity index (χ0) is 35.3. The predicted molar refractivity (Wildman–Crippen MR) is 183 cm³/mol. The zero-order valence-electron chi connectivity index (χ0n) is 30.8. The van der Waals surface area contributed by atoms with E-state index in [0.29, 0.717) is 27.9 Å². The van der Waals surface area contributed by atoms with Gasteiger partial charge >= 0.3 is 0 Å². The number of furan rings is 1. The van der Waals surface area contributed by atoms with Crippen molar-refractivity contribution in [2.24, 2.45) is 0 Å². The molecular weight excluding hydrogens is 520 g/mol. The molecule has 1 nitrogen and oxygen atoms in total. The molecule has 0 saturated heterocycles. The van der Waals surface area contributed by atoms with Crippen LogP contribution in [0, 0.1) is 0 Å². The highest BCUT2D eigenvalue weighted by Crippen LogP contribution is 2.47. The summed E-state index contributed by atoms with van der Waals surface area (Å²) in [7, 11) is 0. The molecule has 0 spiro atoms. The van der Waals surface area contributed by atoms with Gasteiger partial charge in [0.05, 0.1) is 11.0 Å². The van der Waals surface area contributed by atoms with E-state index in [4.69, 9.17) is 9.90 Å². The van der Waals surface area contributed by atoms with Gasteiger partial charge in [-0.1, -0.05) is 139 Å². The Balaban J connectivity index is 1.58. The van der Waals surface area contributed by atoms with Crippen molar-refractivity contribution >= 4 is 54.3 Å². The van der Waals surface area contributed by atoms with E-state index in [1.165, 1.54) is 0 Å². The first kappa shape index (κ1) is 17.3. The Kier molecular flexibility index (Phi) is 3.80. The second kappa shape index (κ2) is 9.44. The number of para-hydroxylation sites is 1. The van der Waals surface area contributed by atoms with Crippen molar-refractivity contribution in [1.82, 2.24) is 0 Å². The van der Waals surface area contributed by atoms with E-state index < -0.39 is 24.2 Å². The van der Waals surface area contributed by atoms with Gasteiger partial charge in [-0.2, -0.15) is 0 Å². The minimum atomic E-state index is -0.439. The van der Waals surface area contributed by atoms with Crippen LogP contribution in [0.4, 0.5) is 0 Å². The maximum absolute atomic E-state index is 9.40. The van der Waals surface area contributed by atoms with Crippen LogP contribution < -0.4 is 0 Å². The molecule has 9 rings (SSSR count). The number of fused-ring (bicyclic) bond motifs is 6. The summed E-state index contributed by atoms with van der Waals surface area (Å²) in [5.74, 6) is 0. The molecule has 0 aliphatic carbocycles. The third-order valence-electron chi connectivity index (χ3n) is 8.29. The molecule has 43 heavy (non-hydrogen) atoms. The van der Waals surface area contributed by atoms with Gasteiger partial charge in [0.2, 0.25) is 0 Å². The molecule has 0 amide bonds. The van der Waals surface area contributed by atoms with E-state index in [2.05, 4.69) is 0 Å². The van der Waals surface area contributed by atoms with Crippen LogP contribution in [-0.4, -0.2) is 0 Å². The summed E-state index contributed by atoms with van der Waals surface area (Å²) >= 11 is 0. The average molecular weight is 555 g/mol. The zero-order valence-corrected chi connectivity index (χ0v) is 22.8. The molecule has 0 saturated carbocycles. The molecular formula is C42H26O. The molecule has 1 aromatic heterocycles. The van der Waals surface area contributed by atoms with Crippen LogP contribution >= 0.6 is 0 Å². The Morgan fingerprint density at radius 3 is 1.77 bits per heavy atom. The van der Waals surface area contributed by atoms with Crippen LogP contribution in [0.1, 0.15) is 11.0 Å². The Bertz CT molecular complexity index is 2860. The summed E-state index contributed by atoms with van der Waals surface area (Å²) in [6, 6.07) is 31.6. The van der Waals surface area contributed by atoms with Gasteiger partial charge in [-0.3, -0.25) is 0 Å². The second-order valence-electron chi connectivity index (χ2n) is 10.6. The van der Waals surface area contributed by atoms with Gasteiger partial charge in [0, 0.05) is 10.8 Å². The van der Waals surface area contributed by atoms with Crippen molar-refractivity contribution in [3.8, 4) is 33.4 Å². The Hall–Kier alpha value is -5.66. The molecule has 0 bridgehead atoms. The van der Waals surface area contributed by atoms with Gasteiger partial charge in [-0.05, 0) is 83.9 Å². The quantitative estimate of drug-likeness (QED) is 0.198. The fraction of sp³-hybridized carbons (Fsp3) is 0. The number of benzene rings is 8. The van der Waals surface area contributed by atoms with E-state index in [0.717, 1.165) is 32.7 Å². The molecule has 0 unspecified atom stereocenters. The van der Waals surface area contributed by atoms with Crippen molar-refractivity contribution in [2.45, 2.75) is 0 Å². The summed E-state index contributed by atoms with van der Waals surface area (Å²) < 4.78 is 79.2. The van der Waals surface area contributed by atoms with Crippen LogP contribution in [0.25, 0.3) is 87.6 Å². The summed E-state index contributed by atoms with van der Waals surface area (Å²) in [5, 5.41) is 4.11. The van der Waals surface area contributed by atoms with Gasteiger partial charge in [-0.25, -0.2) is 0 Å². The smallest absolute Gasteiger partial charge is 0.136 e. The fourth-order valence-corrected chi connectivity index (χ4v) is 6.47. The SMILES string of the molecule is [2H]c1c([2H])c([2H])c2c(-c3cccc4ccccc34)c3c([2H])c([2H])c([2H])c([2H])c3c(-c3cc(-c4ccccc4)c4c(c3)oc3ccccc34)c2c1[2H]. The highest BCUT2D eigenvalue weighted by Gasteiger charge is 2.20. The molecule has 0 radical (unpaired) electrons. The van der Waals surface area contributed by atoms with E-state index in [1.54, 1.807) is 0 Å². The Morgan fingerprint density at radius 1 is 0.419 bits per heavy atom. The van der Waals surface area contributed by atoms with E-state index >= 15 is 0 Å². The van der Waals surface area contributed by atoms with Gasteiger partial charge in [0.15, 0.2) is 0 Å². The first-order valence-electron chi connectivity index (χ1n) is 18.1. The van der Waals surface area contributed by atoms with Crippen LogP contribution in [-0.2, 0) is 0 Å². The lowest BCUT2D eigenvalue weighted by molar-refractivity contribution is 0.669. The lowest BCUT2D eigenvalue weighted by atomic mass is 9.84. The molecule has 0 N–H and O–H groups in total. The molecule has 200 valence electrons. The Morgan fingerprint density at radius 2 is 1.02 bits per heavy atom. The van der Waals surface area contributed by atoms with Gasteiger partial charge in [-0.15, -0.1) is 0 Å². The van der Waals surface area contributed by atoms with Crippen molar-refractivity contribution in [3.63, 3.8) is 0 Å². The summed E-state index contributed by atoms with van der Waals surface area (Å²) in [5.41, 5.74) is 4.61. The maximum atomic E-state index is 9.40. The molecule has 1 heterocycles. The lowest BCUT2D eigenvalue weighted by Crippen LogP contribution is -1.92. The third kappa shape index (κ3) is 3.65. The highest BCUT2D eigenvalue weighted by atomic mass is 16.3. The standard InChI is InChI=1S/C42H26O/c1-2-13-28(14-3-1)37-25-29(26-39-42(37)36-22-10-11-24-38(36)43-39)40-32-18-6-8-20-34(32)41(35-21-9-7-19-33(35)40)31-23-12-16-27-15-4-5-17-30(27)31/h1-26H/i6D,7D,8D,9D,18D,19D,20D,21D. The number of rotatable bonds is 3. The molecule has 0 atom stereocenters. The normalized spacial score (nSPS) is 14.3. The first-order chi connectivity index (χ1) is 24.7. The topological polar surface area (TPSA) is 13.1 Å². The highest BCUT2D eigenvalue weighted by molar-refractivity contribution is 6.24. The van der Waals surface area contributed by atoms with Crippen molar-refractivity contribution < 1.29 is 15.4 Å². The van der Waals surface area contributed by atoms with Crippen LogP contribution in [0.15, 0.2) is 162 Å². The molecule has 1 heteroatoms. The van der Waals surface area contributed by atoms with Crippen molar-refractivity contribution in [1.29, 1.82) is 0 Å². The monoisotopic (exact) mass is 554 g/mol. The molecule has 8 aromatic carbocycles. The molecule has 0 aliphatic rings. The van der Waals surface area contributed by atoms with Crippen LogP contribution in [0.5, 0.6) is 0 Å². The van der Waals surface area contributed by atoms with E-state index in [-0.39, 0.29) is 51.3 Å². The average Bonchev–Trinajstić information content (AvgIpc) is 3.55. The number of hydrogen-bond donors (Lipinski definition) is 0. The summed E-state index contributed by atoms with van der Waals surface area (Å²) in [6.45, 7) is 0. The van der Waals surface area contributed by atoms with Gasteiger partial charge < -0.3 is 4.42 Å². The molecule has 9 aromatic rings. The van der Waals surface area contributed by atoms with Crippen LogP contribution in [0.2, 0.25) is 0 Å². The van der Waals surface area contributed by atoms with Crippen molar-refractivity contribution in [3.05, 3.63) is 158 Å². The van der Waals surface area contributed by atoms with E-state index in [1.807, 2.05) is 109 Å². The third-order valence-corrected chi connectivity index (χ3v) is 8.29. The van der Waals surface area contributed by atoms with Gasteiger partial charge in [0.25, 0.3) is 0 Å². The van der Waals surface area contributed by atoms with Gasteiger partial charge in [0.1, 0.15) is 11.2 Å². The lowest BCUT2D eigenvalue weighted by Gasteiger charge is -2.19. The molecule has 0 aliphatic heterocycles. The maximum Gasteiger partial charge on any atom is 0.136 e. The summed E-state index contributed by atoms with van der Waals surface area (Å²) in [4.78, 5) is 0. The number of hydrogen-bond acceptors (Lipinski definition) is 1. The van der Waals surface area contributed by atoms with E-state index in [9.17, 15) is 5.48 Å². The molecule has 0 fully saturated rings. The fourth-order valence-electron chi connectivity index (χ4n) is 6.47. The van der Waals surface area contributed by atoms with Crippen molar-refractivity contribution in [2.75, 3.05) is 0 Å².